The molecule has 1 aromatic carbocycles. The fourth-order valence-corrected chi connectivity index (χ4v) is 2.28. The van der Waals surface area contributed by atoms with E-state index in [2.05, 4.69) is 53.0 Å². The lowest BCUT2D eigenvalue weighted by Gasteiger charge is -2.11. The van der Waals surface area contributed by atoms with Crippen LogP contribution in [0.5, 0.6) is 0 Å². The molecule has 19 heavy (non-hydrogen) atoms. The van der Waals surface area contributed by atoms with Gasteiger partial charge in [0.2, 0.25) is 0 Å². The smallest absolute Gasteiger partial charge is 0.106 e. The molecule has 1 aliphatic carbocycles. The van der Waals surface area contributed by atoms with Crippen LogP contribution in [0.25, 0.3) is 0 Å². The van der Waals surface area contributed by atoms with Crippen LogP contribution in [0.2, 0.25) is 0 Å². The number of hydrogen-bond acceptors (Lipinski definition) is 2. The SMILES string of the molecule is Cc1ccc(Cn2c(CNC3CC3)cnc2C)cc1. The van der Waals surface area contributed by atoms with Crippen molar-refractivity contribution in [2.24, 2.45) is 0 Å². The molecule has 0 spiro atoms. The van der Waals surface area contributed by atoms with E-state index < -0.39 is 0 Å². The second-order valence-corrected chi connectivity index (χ2v) is 5.52. The van der Waals surface area contributed by atoms with Crippen LogP contribution in [-0.4, -0.2) is 15.6 Å². The zero-order chi connectivity index (χ0) is 13.2. The normalized spacial score (nSPS) is 14.8. The van der Waals surface area contributed by atoms with E-state index in [1.807, 2.05) is 6.20 Å². The van der Waals surface area contributed by atoms with Gasteiger partial charge in [-0.25, -0.2) is 4.98 Å². The Morgan fingerprint density at radius 2 is 1.95 bits per heavy atom. The van der Waals surface area contributed by atoms with Gasteiger partial charge in [0, 0.05) is 25.3 Å². The van der Waals surface area contributed by atoms with Gasteiger partial charge < -0.3 is 9.88 Å². The zero-order valence-electron chi connectivity index (χ0n) is 11.7. The number of nitrogens with zero attached hydrogens (tertiary/aromatic N) is 2. The van der Waals surface area contributed by atoms with E-state index in [0.29, 0.717) is 0 Å². The molecule has 3 nitrogen and oxygen atoms in total. The molecular formula is C16H21N3. The average molecular weight is 255 g/mol. The molecule has 0 atom stereocenters. The Kier molecular flexibility index (Phi) is 3.38. The van der Waals surface area contributed by atoms with Crippen molar-refractivity contribution in [3.63, 3.8) is 0 Å². The quantitative estimate of drug-likeness (QED) is 0.890. The molecule has 1 fully saturated rings. The molecule has 3 heteroatoms. The second kappa shape index (κ2) is 5.17. The summed E-state index contributed by atoms with van der Waals surface area (Å²) in [6, 6.07) is 9.48. The van der Waals surface area contributed by atoms with Gasteiger partial charge in [0.1, 0.15) is 5.82 Å². The molecule has 0 radical (unpaired) electrons. The first-order valence-electron chi connectivity index (χ1n) is 7.02. The predicted octanol–water partition coefficient (Wildman–Crippen LogP) is 2.80. The first-order chi connectivity index (χ1) is 9.22. The maximum atomic E-state index is 4.45. The van der Waals surface area contributed by atoms with Crippen molar-refractivity contribution in [3.8, 4) is 0 Å². The summed E-state index contributed by atoms with van der Waals surface area (Å²) >= 11 is 0. The summed E-state index contributed by atoms with van der Waals surface area (Å²) in [6.07, 6.45) is 4.65. The predicted molar refractivity (Wildman–Crippen MR) is 77.1 cm³/mol. The Balaban J connectivity index is 1.74. The topological polar surface area (TPSA) is 29.9 Å². The monoisotopic (exact) mass is 255 g/mol. The molecule has 1 heterocycles. The third-order valence-corrected chi connectivity index (χ3v) is 3.75. The van der Waals surface area contributed by atoms with Crippen molar-refractivity contribution < 1.29 is 0 Å². The zero-order valence-corrected chi connectivity index (χ0v) is 11.7. The number of nitrogens with one attached hydrogen (secondary N) is 1. The minimum atomic E-state index is 0.739. The Morgan fingerprint density at radius 3 is 2.63 bits per heavy atom. The number of imidazole rings is 1. The van der Waals surface area contributed by atoms with Crippen LogP contribution < -0.4 is 5.32 Å². The van der Waals surface area contributed by atoms with Crippen molar-refractivity contribution >= 4 is 0 Å². The molecule has 2 aromatic rings. The van der Waals surface area contributed by atoms with Crippen LogP contribution in [0.3, 0.4) is 0 Å². The van der Waals surface area contributed by atoms with Crippen molar-refractivity contribution in [2.45, 2.75) is 45.8 Å². The van der Waals surface area contributed by atoms with E-state index in [1.54, 1.807) is 0 Å². The van der Waals surface area contributed by atoms with E-state index in [-0.39, 0.29) is 0 Å². The Morgan fingerprint density at radius 1 is 1.21 bits per heavy atom. The first-order valence-corrected chi connectivity index (χ1v) is 7.02. The summed E-state index contributed by atoms with van der Waals surface area (Å²) in [5.74, 6) is 1.09. The van der Waals surface area contributed by atoms with Gasteiger partial charge >= 0.3 is 0 Å². The van der Waals surface area contributed by atoms with Gasteiger partial charge in [-0.3, -0.25) is 0 Å². The second-order valence-electron chi connectivity index (χ2n) is 5.52. The highest BCUT2D eigenvalue weighted by Crippen LogP contribution is 2.19. The van der Waals surface area contributed by atoms with E-state index in [4.69, 9.17) is 0 Å². The highest BCUT2D eigenvalue weighted by molar-refractivity contribution is 5.22. The number of rotatable bonds is 5. The van der Waals surface area contributed by atoms with Gasteiger partial charge in [0.05, 0.1) is 5.69 Å². The highest BCUT2D eigenvalue weighted by Gasteiger charge is 2.20. The van der Waals surface area contributed by atoms with Crippen LogP contribution in [0.15, 0.2) is 30.5 Å². The molecule has 100 valence electrons. The molecule has 0 unspecified atom stereocenters. The number of benzene rings is 1. The van der Waals surface area contributed by atoms with Crippen LogP contribution in [0.4, 0.5) is 0 Å². The lowest BCUT2D eigenvalue weighted by Crippen LogP contribution is -2.18. The van der Waals surface area contributed by atoms with Crippen LogP contribution in [-0.2, 0) is 13.1 Å². The summed E-state index contributed by atoms with van der Waals surface area (Å²) in [5.41, 5.74) is 3.92. The third kappa shape index (κ3) is 3.04. The maximum Gasteiger partial charge on any atom is 0.106 e. The van der Waals surface area contributed by atoms with Gasteiger partial charge in [0.25, 0.3) is 0 Å². The van der Waals surface area contributed by atoms with Gasteiger partial charge in [-0.2, -0.15) is 0 Å². The van der Waals surface area contributed by atoms with Crippen molar-refractivity contribution in [1.82, 2.24) is 14.9 Å². The number of aromatic nitrogens is 2. The van der Waals surface area contributed by atoms with Crippen LogP contribution >= 0.6 is 0 Å². The summed E-state index contributed by atoms with van der Waals surface area (Å²) in [4.78, 5) is 4.45. The minimum Gasteiger partial charge on any atom is -0.327 e. The fraction of sp³-hybridized carbons (Fsp3) is 0.438. The van der Waals surface area contributed by atoms with E-state index in [9.17, 15) is 0 Å². The van der Waals surface area contributed by atoms with Crippen molar-refractivity contribution in [2.75, 3.05) is 0 Å². The van der Waals surface area contributed by atoms with Gasteiger partial charge in [-0.15, -0.1) is 0 Å². The molecule has 1 N–H and O–H groups in total. The Bertz CT molecular complexity index is 550. The van der Waals surface area contributed by atoms with Crippen LogP contribution in [0, 0.1) is 13.8 Å². The number of hydrogen-bond donors (Lipinski definition) is 1. The van der Waals surface area contributed by atoms with Gasteiger partial charge in [-0.1, -0.05) is 29.8 Å². The summed E-state index contributed by atoms with van der Waals surface area (Å²) in [5, 5.41) is 3.56. The first kappa shape index (κ1) is 12.4. The lowest BCUT2D eigenvalue weighted by atomic mass is 10.1. The molecule has 3 rings (SSSR count). The third-order valence-electron chi connectivity index (χ3n) is 3.75. The number of aryl methyl sites for hydroxylation is 2. The molecule has 0 aliphatic heterocycles. The molecule has 1 aromatic heterocycles. The van der Waals surface area contributed by atoms with Gasteiger partial charge in [-0.05, 0) is 32.3 Å². The lowest BCUT2D eigenvalue weighted by molar-refractivity contribution is 0.626. The Hall–Kier alpha value is -1.61. The standard InChI is InChI=1S/C16H21N3/c1-12-3-5-14(6-4-12)11-19-13(2)17-9-16(19)10-18-15-7-8-15/h3-6,9,15,18H,7-8,10-11H2,1-2H3. The molecule has 0 bridgehead atoms. The van der Waals surface area contributed by atoms with Crippen molar-refractivity contribution in [1.29, 1.82) is 0 Å². The molecular weight excluding hydrogens is 234 g/mol. The minimum absolute atomic E-state index is 0.739. The van der Waals surface area contributed by atoms with E-state index in [0.717, 1.165) is 25.0 Å². The van der Waals surface area contributed by atoms with Crippen LogP contribution in [0.1, 0.15) is 35.5 Å². The Labute approximate surface area is 114 Å². The largest absolute Gasteiger partial charge is 0.327 e. The molecule has 1 aliphatic rings. The molecule has 0 saturated heterocycles. The maximum absolute atomic E-state index is 4.45. The van der Waals surface area contributed by atoms with Gasteiger partial charge in [0.15, 0.2) is 0 Å². The molecule has 0 amide bonds. The van der Waals surface area contributed by atoms with E-state index >= 15 is 0 Å². The summed E-state index contributed by atoms with van der Waals surface area (Å²) in [7, 11) is 0. The average Bonchev–Trinajstić information content (AvgIpc) is 3.17. The fourth-order valence-electron chi connectivity index (χ4n) is 2.28. The highest BCUT2D eigenvalue weighted by atomic mass is 15.1. The molecule has 1 saturated carbocycles. The van der Waals surface area contributed by atoms with Crippen molar-refractivity contribution in [3.05, 3.63) is 53.1 Å². The van der Waals surface area contributed by atoms with E-state index in [1.165, 1.54) is 29.7 Å². The summed E-state index contributed by atoms with van der Waals surface area (Å²) < 4.78 is 2.31. The summed E-state index contributed by atoms with van der Waals surface area (Å²) in [6.45, 7) is 6.04.